The number of hydrogen-bond acceptors (Lipinski definition) is 4. The molecular formula is C49H103N7Sn3. The van der Waals surface area contributed by atoms with E-state index in [1.54, 1.807) is 20.2 Å². The van der Waals surface area contributed by atoms with Crippen molar-refractivity contribution in [2.24, 2.45) is 12.2 Å². The number of aromatic nitrogens is 3. The Labute approximate surface area is 384 Å². The Bertz CT molecular complexity index is 1140. The summed E-state index contributed by atoms with van der Waals surface area (Å²) in [6.45, 7) is 26.9. The Morgan fingerprint density at radius 2 is 0.915 bits per heavy atom. The number of terminal acetylenes is 1. The molecule has 0 saturated carbocycles. The molecule has 0 atom stereocenters. The molecule has 0 aliphatic rings. The molecule has 0 N–H and O–H groups in total. The van der Waals surface area contributed by atoms with Crippen LogP contribution in [0.15, 0.2) is 5.11 Å². The predicted molar refractivity (Wildman–Crippen MR) is 277 cm³/mol. The van der Waals surface area contributed by atoms with Crippen molar-refractivity contribution in [1.82, 2.24) is 18.1 Å². The topological polar surface area (TPSA) is 82.7 Å². The van der Waals surface area contributed by atoms with Crippen molar-refractivity contribution in [3.05, 3.63) is 16.1 Å². The first kappa shape index (κ1) is 65.5. The van der Waals surface area contributed by atoms with Gasteiger partial charge in [-0.2, -0.15) is 0 Å². The smallest absolute Gasteiger partial charge is 0.0139 e. The van der Waals surface area contributed by atoms with E-state index in [0.29, 0.717) is 0 Å². The molecule has 0 saturated heterocycles. The Morgan fingerprint density at radius 1 is 0.627 bits per heavy atom. The van der Waals surface area contributed by atoms with Gasteiger partial charge in [0.05, 0.1) is 0 Å². The summed E-state index contributed by atoms with van der Waals surface area (Å²) in [6, 6.07) is 0. The van der Waals surface area contributed by atoms with Gasteiger partial charge in [-0.1, -0.05) is 5.11 Å². The van der Waals surface area contributed by atoms with Crippen molar-refractivity contribution < 1.29 is 0 Å². The van der Waals surface area contributed by atoms with Gasteiger partial charge in [0, 0.05) is 12.0 Å². The van der Waals surface area contributed by atoms with Crippen molar-refractivity contribution in [2.45, 2.75) is 239 Å². The minimum absolute atomic E-state index is 1.32. The Morgan fingerprint density at radius 3 is 1.14 bits per heavy atom. The second-order valence-electron chi connectivity index (χ2n) is 17.2. The van der Waals surface area contributed by atoms with Gasteiger partial charge in [0.25, 0.3) is 0 Å². The molecule has 7 nitrogen and oxygen atoms in total. The fraction of sp³-hybridized carbons (Fsp3) is 0.878. The van der Waals surface area contributed by atoms with Gasteiger partial charge in [0.15, 0.2) is 0 Å². The quantitative estimate of drug-likeness (QED) is 0.0263. The molecule has 1 heterocycles. The van der Waals surface area contributed by atoms with Crippen LogP contribution in [0.2, 0.25) is 39.9 Å². The summed E-state index contributed by atoms with van der Waals surface area (Å²) >= 11 is -6.27. The molecule has 0 radical (unpaired) electrons. The van der Waals surface area contributed by atoms with E-state index < -0.39 is 55.4 Å². The average Bonchev–Trinajstić information content (AvgIpc) is 3.59. The number of rotatable bonds is 29. The zero-order valence-electron chi connectivity index (χ0n) is 42.8. The van der Waals surface area contributed by atoms with Gasteiger partial charge in [-0.05, 0) is 12.5 Å². The van der Waals surface area contributed by atoms with Gasteiger partial charge in [-0.3, -0.25) is 0 Å². The summed E-state index contributed by atoms with van der Waals surface area (Å²) in [4.78, 5) is 2.36. The summed E-state index contributed by atoms with van der Waals surface area (Å²) < 4.78 is 23.7. The molecule has 1 aromatic rings. The molecule has 0 aliphatic heterocycles. The average molecular weight is 1150 g/mol. The van der Waals surface area contributed by atoms with Gasteiger partial charge < -0.3 is 0 Å². The van der Waals surface area contributed by atoms with Crippen LogP contribution in [0, 0.1) is 29.1 Å². The van der Waals surface area contributed by atoms with Crippen LogP contribution in [-0.4, -0.2) is 94.7 Å². The summed E-state index contributed by atoms with van der Waals surface area (Å²) in [6.07, 6.45) is 29.6. The largest absolute Gasteiger partial charge is 0.0973 e. The van der Waals surface area contributed by atoms with E-state index in [1.807, 2.05) is 11.7 Å². The van der Waals surface area contributed by atoms with E-state index in [9.17, 15) is 0 Å². The normalized spacial score (nSPS) is 10.8. The summed E-state index contributed by atoms with van der Waals surface area (Å²) in [5, 5.41) is 11.9. The van der Waals surface area contributed by atoms with Crippen LogP contribution < -0.4 is 3.71 Å². The van der Waals surface area contributed by atoms with E-state index in [-0.39, 0.29) is 0 Å². The van der Waals surface area contributed by atoms with Crippen molar-refractivity contribution in [2.75, 3.05) is 21.1 Å². The third-order valence-corrected chi connectivity index (χ3v) is 57.3. The van der Waals surface area contributed by atoms with E-state index in [4.69, 9.17) is 5.53 Å². The number of unbranched alkanes of at least 4 members (excludes halogenated alkanes) is 9. The van der Waals surface area contributed by atoms with E-state index in [0.717, 1.165) is 0 Å². The van der Waals surface area contributed by atoms with Gasteiger partial charge >= 0.3 is 346 Å². The molecule has 1 aromatic heterocycles. The molecule has 0 spiro atoms. The molecule has 346 valence electrons. The van der Waals surface area contributed by atoms with Crippen molar-refractivity contribution in [3.8, 4) is 22.2 Å². The molecule has 0 aromatic carbocycles. The van der Waals surface area contributed by atoms with Gasteiger partial charge in [-0.25, -0.2) is 0 Å². The van der Waals surface area contributed by atoms with E-state index >= 15 is 0 Å². The predicted octanol–water partition coefficient (Wildman–Crippen LogP) is 16.0. The van der Waals surface area contributed by atoms with Crippen LogP contribution in [0.25, 0.3) is 10.4 Å². The second-order valence-corrected chi connectivity index (χ2v) is 56.3. The van der Waals surface area contributed by atoms with Gasteiger partial charge in [0.2, 0.25) is 0 Å². The van der Waals surface area contributed by atoms with Crippen LogP contribution in [0.5, 0.6) is 0 Å². The molecule has 10 heteroatoms. The van der Waals surface area contributed by atoms with Crippen LogP contribution in [0.3, 0.4) is 0 Å². The summed E-state index contributed by atoms with van der Waals surface area (Å²) in [5.74, 6) is 5.53. The van der Waals surface area contributed by atoms with Crippen LogP contribution in [0.4, 0.5) is 0 Å². The molecule has 0 unspecified atom stereocenters. The Hall–Kier alpha value is -0.0739. The zero-order valence-corrected chi connectivity index (χ0v) is 51.4. The monoisotopic (exact) mass is 1150 g/mol. The van der Waals surface area contributed by atoms with Crippen molar-refractivity contribution in [3.63, 3.8) is 0 Å². The van der Waals surface area contributed by atoms with Crippen molar-refractivity contribution in [1.29, 1.82) is 0 Å². The summed E-state index contributed by atoms with van der Waals surface area (Å²) in [7, 11) is 8.18. The third kappa shape index (κ3) is 32.3. The number of aryl methyl sites for hydroxylation is 1. The van der Waals surface area contributed by atoms with Crippen LogP contribution in [0.1, 0.15) is 197 Å². The first-order valence-corrected chi connectivity index (χ1v) is 46.9. The maximum atomic E-state index is 7.33. The second kappa shape index (κ2) is 45.9. The number of nitrogens with zero attached hydrogens (tertiary/aromatic N) is 7. The van der Waals surface area contributed by atoms with Gasteiger partial charge in [0.1, 0.15) is 0 Å². The zero-order chi connectivity index (χ0) is 45.9. The van der Waals surface area contributed by atoms with Crippen LogP contribution >= 0.6 is 0 Å². The minimum Gasteiger partial charge on any atom is -0.0973 e. The maximum absolute atomic E-state index is 7.33. The minimum atomic E-state index is -2.33. The fourth-order valence-electron chi connectivity index (χ4n) is 8.11. The number of hydrogen-bond donors (Lipinski definition) is 0. The fourth-order valence-corrected chi connectivity index (χ4v) is 52.7. The summed E-state index contributed by atoms with van der Waals surface area (Å²) in [5.41, 5.74) is 8.68. The molecule has 59 heavy (non-hydrogen) atoms. The van der Waals surface area contributed by atoms with E-state index in [1.165, 1.54) is 159 Å². The van der Waals surface area contributed by atoms with Gasteiger partial charge in [-0.15, -0.1) is 12.3 Å². The Balaban J connectivity index is -0.000000358. The standard InChI is InChI=1S/C4H6N3.9C4H9.C3H4.C3H3.C2H6N.CH3N3.3Sn/c1-4-3-5-6-7(4)2;9*1-3-4-2;3*1-3-2;1-3-4-2;;;/h1-2H3;9*1,3-4H2,2H3;1H,2H3;1H3;1-2H3;1H3;;;/q;;;;;;;;;;;;-1;;;;+1. The molecule has 0 aliphatic carbocycles. The molecular weight excluding hydrogens is 1040 g/mol. The molecule has 0 bridgehead atoms. The number of azide groups is 1. The first-order chi connectivity index (χ1) is 28.3. The molecule has 1 rings (SSSR count). The Kier molecular flexibility index (Phi) is 51.0. The SMILES string of the molecule is C#CC.CC#[C][Sn]([CH2]CCC)([CH2]CCC)[CH2]CCC.CCC[CH2][Sn]([CH2]CCC)([CH2]CCC)[N](C)C.CCC[CH2][Sn]([CH2]CCC)([CH2]CCC)[c]1nnn(C)c1C.CN=[N+]=[N-]. The maximum Gasteiger partial charge on any atom is 0.0139 e. The van der Waals surface area contributed by atoms with Crippen LogP contribution in [-0.2, 0) is 7.05 Å². The first-order valence-electron chi connectivity index (χ1n) is 24.6. The third-order valence-electron chi connectivity index (χ3n) is 12.1. The molecule has 0 amide bonds. The van der Waals surface area contributed by atoms with E-state index in [2.05, 4.69) is 136 Å². The van der Waals surface area contributed by atoms with Crippen molar-refractivity contribution >= 4 is 59.1 Å². The molecule has 0 fully saturated rings.